The number of allylic oxidation sites excluding steroid dienone is 14. The molecule has 11 nitrogen and oxygen atoms in total. The van der Waals surface area contributed by atoms with Gasteiger partial charge in [-0.25, -0.2) is 4.79 Å². The molecule has 0 radical (unpaired) electrons. The predicted octanol–water partition coefficient (Wildman–Crippen LogP) is 10.6. The number of carbonyl (C=O) groups excluding carboxylic acids is 2. The molecule has 0 aromatic carbocycles. The first kappa shape index (κ1) is 56.4. The number of esters is 2. The van der Waals surface area contributed by atoms with E-state index in [1.54, 1.807) is 0 Å². The second-order valence-corrected chi connectivity index (χ2v) is 15.8. The van der Waals surface area contributed by atoms with Gasteiger partial charge in [0.25, 0.3) is 0 Å². The molecule has 1 saturated heterocycles. The van der Waals surface area contributed by atoms with Gasteiger partial charge in [-0.1, -0.05) is 157 Å². The van der Waals surface area contributed by atoms with E-state index in [1.165, 1.54) is 25.7 Å². The zero-order valence-corrected chi connectivity index (χ0v) is 38.1. The number of rotatable bonds is 38. The molecule has 0 aromatic rings. The summed E-state index contributed by atoms with van der Waals surface area (Å²) in [6, 6.07) is 0. The van der Waals surface area contributed by atoms with Crippen LogP contribution in [0.5, 0.6) is 0 Å². The molecule has 11 heteroatoms. The largest absolute Gasteiger partial charge is 0.479 e. The fourth-order valence-electron chi connectivity index (χ4n) is 6.59. The summed E-state index contributed by atoms with van der Waals surface area (Å²) in [5.41, 5.74) is 0. The van der Waals surface area contributed by atoms with Crippen molar-refractivity contribution in [1.29, 1.82) is 0 Å². The summed E-state index contributed by atoms with van der Waals surface area (Å²) in [6.07, 6.45) is 43.4. The summed E-state index contributed by atoms with van der Waals surface area (Å²) < 4.78 is 21.7. The van der Waals surface area contributed by atoms with Gasteiger partial charge >= 0.3 is 17.9 Å². The van der Waals surface area contributed by atoms with Gasteiger partial charge < -0.3 is 39.4 Å². The van der Waals surface area contributed by atoms with Crippen LogP contribution in [0.15, 0.2) is 85.1 Å². The van der Waals surface area contributed by atoms with Crippen molar-refractivity contribution in [1.82, 2.24) is 0 Å². The molecular formula is C51H82O11. The van der Waals surface area contributed by atoms with Crippen LogP contribution in [-0.2, 0) is 33.3 Å². The third-order valence-corrected chi connectivity index (χ3v) is 10.2. The number of aliphatic carboxylic acids is 1. The Hall–Kier alpha value is -3.61. The number of aliphatic hydroxyl groups excluding tert-OH is 3. The van der Waals surface area contributed by atoms with Crippen molar-refractivity contribution in [3.8, 4) is 0 Å². The Morgan fingerprint density at radius 3 is 1.35 bits per heavy atom. The van der Waals surface area contributed by atoms with Crippen LogP contribution in [0.4, 0.5) is 0 Å². The fourth-order valence-corrected chi connectivity index (χ4v) is 6.59. The lowest BCUT2D eigenvalue weighted by molar-refractivity contribution is -0.298. The van der Waals surface area contributed by atoms with Crippen LogP contribution in [0.2, 0.25) is 0 Å². The third kappa shape index (κ3) is 31.3. The van der Waals surface area contributed by atoms with Gasteiger partial charge in [-0.15, -0.1) is 0 Å². The minimum atomic E-state index is -1.87. The van der Waals surface area contributed by atoms with Gasteiger partial charge in [0.2, 0.25) is 0 Å². The standard InChI is InChI=1S/C51H82O11/c1-3-5-7-9-11-13-15-17-19-20-21-22-23-24-26-27-29-31-33-35-37-39-44(52)59-41-43(42-60-51-48(56)46(54)47(55)49(62-51)50(57)58)61-45(53)40-38-36-34-32-30-28-25-18-16-14-12-10-8-6-4-2/h5-8,11-14,17-19,21-22,25,43,46-49,51,54-56H,3-4,9-10,15-16,20,23-24,26-42H2,1-2H3,(H,57,58)/b7-5-,8-6-,13-11-,14-12-,19-17-,22-21-,25-18-. The Balaban J connectivity index is 2.35. The van der Waals surface area contributed by atoms with Crippen LogP contribution in [-0.4, -0.2) is 88.4 Å². The van der Waals surface area contributed by atoms with E-state index in [-0.39, 0.29) is 19.4 Å². The highest BCUT2D eigenvalue weighted by atomic mass is 16.7. The van der Waals surface area contributed by atoms with Crippen molar-refractivity contribution in [3.05, 3.63) is 85.1 Å². The molecule has 1 rings (SSSR count). The summed E-state index contributed by atoms with van der Waals surface area (Å²) in [5, 5.41) is 39.9. The number of ether oxygens (including phenoxy) is 4. The number of unbranched alkanes of at least 4 members (excludes halogenated alkanes) is 13. The maximum absolute atomic E-state index is 12.8. The summed E-state index contributed by atoms with van der Waals surface area (Å²) in [6.45, 7) is 3.56. The first-order chi connectivity index (χ1) is 30.2. The zero-order chi connectivity index (χ0) is 45.3. The van der Waals surface area contributed by atoms with Crippen LogP contribution in [0.3, 0.4) is 0 Å². The van der Waals surface area contributed by atoms with Gasteiger partial charge in [-0.2, -0.15) is 0 Å². The van der Waals surface area contributed by atoms with Crippen molar-refractivity contribution in [2.45, 2.75) is 205 Å². The molecule has 4 N–H and O–H groups in total. The van der Waals surface area contributed by atoms with Crippen LogP contribution in [0.25, 0.3) is 0 Å². The van der Waals surface area contributed by atoms with E-state index >= 15 is 0 Å². The fraction of sp³-hybridized carbons (Fsp3) is 0.667. The molecule has 62 heavy (non-hydrogen) atoms. The van der Waals surface area contributed by atoms with Crippen LogP contribution in [0.1, 0.15) is 168 Å². The normalized spacial score (nSPS) is 20.3. The van der Waals surface area contributed by atoms with Gasteiger partial charge in [-0.05, 0) is 83.5 Å². The molecule has 1 heterocycles. The molecule has 0 bridgehead atoms. The lowest BCUT2D eigenvalue weighted by atomic mass is 9.99. The quantitative estimate of drug-likeness (QED) is 0.0265. The van der Waals surface area contributed by atoms with Crippen LogP contribution in [0, 0.1) is 0 Å². The molecule has 0 spiro atoms. The second kappa shape index (κ2) is 40.2. The van der Waals surface area contributed by atoms with Crippen molar-refractivity contribution >= 4 is 17.9 Å². The van der Waals surface area contributed by atoms with E-state index in [0.29, 0.717) is 12.8 Å². The minimum absolute atomic E-state index is 0.157. The monoisotopic (exact) mass is 871 g/mol. The summed E-state index contributed by atoms with van der Waals surface area (Å²) >= 11 is 0. The molecule has 352 valence electrons. The first-order valence-corrected chi connectivity index (χ1v) is 23.6. The minimum Gasteiger partial charge on any atom is -0.479 e. The topological polar surface area (TPSA) is 169 Å². The Kier molecular flexibility index (Phi) is 36.6. The number of hydrogen-bond acceptors (Lipinski definition) is 10. The van der Waals surface area contributed by atoms with Gasteiger partial charge in [0, 0.05) is 12.8 Å². The molecule has 1 fully saturated rings. The summed E-state index contributed by atoms with van der Waals surface area (Å²) in [7, 11) is 0. The Labute approximate surface area is 373 Å². The summed E-state index contributed by atoms with van der Waals surface area (Å²) in [4.78, 5) is 36.9. The number of aliphatic hydroxyl groups is 3. The van der Waals surface area contributed by atoms with Gasteiger partial charge in [0.1, 0.15) is 24.9 Å². The van der Waals surface area contributed by atoms with Gasteiger partial charge in [-0.3, -0.25) is 9.59 Å². The van der Waals surface area contributed by atoms with E-state index in [1.807, 2.05) is 0 Å². The summed E-state index contributed by atoms with van der Waals surface area (Å²) in [5.74, 6) is -2.49. The van der Waals surface area contributed by atoms with Crippen molar-refractivity contribution in [2.75, 3.05) is 13.2 Å². The van der Waals surface area contributed by atoms with E-state index in [9.17, 15) is 34.8 Å². The average Bonchev–Trinajstić information content (AvgIpc) is 3.26. The second-order valence-electron chi connectivity index (χ2n) is 15.8. The highest BCUT2D eigenvalue weighted by Gasteiger charge is 2.47. The molecule has 0 aliphatic carbocycles. The number of hydrogen-bond donors (Lipinski definition) is 4. The van der Waals surface area contributed by atoms with Gasteiger partial charge in [0.05, 0.1) is 6.61 Å². The third-order valence-electron chi connectivity index (χ3n) is 10.2. The Morgan fingerprint density at radius 2 is 0.903 bits per heavy atom. The maximum atomic E-state index is 12.8. The first-order valence-electron chi connectivity index (χ1n) is 23.6. The lowest BCUT2D eigenvalue weighted by Gasteiger charge is -2.38. The van der Waals surface area contributed by atoms with Crippen molar-refractivity contribution < 1.29 is 53.8 Å². The number of carboxylic acid groups (broad SMARTS) is 1. The van der Waals surface area contributed by atoms with Crippen LogP contribution >= 0.6 is 0 Å². The number of carbonyl (C=O) groups is 3. The smallest absolute Gasteiger partial charge is 0.335 e. The van der Waals surface area contributed by atoms with Gasteiger partial charge in [0.15, 0.2) is 18.5 Å². The van der Waals surface area contributed by atoms with Crippen molar-refractivity contribution in [2.24, 2.45) is 0 Å². The highest BCUT2D eigenvalue weighted by molar-refractivity contribution is 5.73. The predicted molar refractivity (Wildman–Crippen MR) is 247 cm³/mol. The van der Waals surface area contributed by atoms with Crippen molar-refractivity contribution in [3.63, 3.8) is 0 Å². The molecule has 0 aromatic heterocycles. The zero-order valence-electron chi connectivity index (χ0n) is 38.1. The SMILES string of the molecule is CC/C=C\C/C=C\C/C=C\C/C=C\CCCCCCCCCCC(=O)OCC(COC1OC(C(=O)O)C(O)C(O)C1O)OC(=O)CCCCCCC/C=C\C/C=C\C/C=C\CC. The number of carboxylic acids is 1. The lowest BCUT2D eigenvalue weighted by Crippen LogP contribution is -2.60. The molecule has 6 unspecified atom stereocenters. The van der Waals surface area contributed by atoms with E-state index in [0.717, 1.165) is 103 Å². The molecule has 0 saturated carbocycles. The molecule has 6 atom stereocenters. The molecule has 1 aliphatic heterocycles. The molecule has 1 aliphatic rings. The van der Waals surface area contributed by atoms with E-state index in [4.69, 9.17) is 18.9 Å². The molecule has 0 amide bonds. The Bertz CT molecular complexity index is 1350. The maximum Gasteiger partial charge on any atom is 0.335 e. The van der Waals surface area contributed by atoms with E-state index in [2.05, 4.69) is 98.9 Å². The molecular weight excluding hydrogens is 789 g/mol. The Morgan fingerprint density at radius 1 is 0.500 bits per heavy atom. The van der Waals surface area contributed by atoms with Crippen LogP contribution < -0.4 is 0 Å². The average molecular weight is 871 g/mol. The highest BCUT2D eigenvalue weighted by Crippen LogP contribution is 2.23. The van der Waals surface area contributed by atoms with E-state index < -0.39 is 61.3 Å².